The summed E-state index contributed by atoms with van der Waals surface area (Å²) in [7, 11) is 1.46. The van der Waals surface area contributed by atoms with Gasteiger partial charge in [0.1, 0.15) is 11.1 Å². The van der Waals surface area contributed by atoms with Crippen molar-refractivity contribution in [1.29, 1.82) is 0 Å². The van der Waals surface area contributed by atoms with E-state index in [1.54, 1.807) is 4.90 Å². The number of hydrogen-bond acceptors (Lipinski definition) is 7. The van der Waals surface area contributed by atoms with Crippen LogP contribution in [0.1, 0.15) is 22.2 Å². The second-order valence-electron chi connectivity index (χ2n) is 4.59. The van der Waals surface area contributed by atoms with E-state index in [0.29, 0.717) is 31.1 Å². The highest BCUT2D eigenvalue weighted by Gasteiger charge is 2.32. The maximum atomic E-state index is 12.7. The van der Waals surface area contributed by atoms with Crippen LogP contribution in [0.25, 0.3) is 0 Å². The summed E-state index contributed by atoms with van der Waals surface area (Å²) < 4.78 is 15.1. The quantitative estimate of drug-likeness (QED) is 0.841. The Kier molecular flexibility index (Phi) is 4.21. The summed E-state index contributed by atoms with van der Waals surface area (Å²) >= 11 is 6.03. The van der Waals surface area contributed by atoms with E-state index < -0.39 is 6.04 Å². The molecule has 9 heteroatoms. The minimum absolute atomic E-state index is 0.227. The Labute approximate surface area is 131 Å². The molecule has 1 aliphatic rings. The Morgan fingerprint density at radius 2 is 2.36 bits per heavy atom. The van der Waals surface area contributed by atoms with Crippen molar-refractivity contribution in [3.05, 3.63) is 35.1 Å². The zero-order valence-electron chi connectivity index (χ0n) is 11.7. The number of aromatic nitrogens is 3. The highest BCUT2D eigenvalue weighted by molar-refractivity contribution is 6.32. The molecule has 1 unspecified atom stereocenters. The molecule has 0 bridgehead atoms. The third kappa shape index (κ3) is 2.75. The number of rotatable bonds is 3. The van der Waals surface area contributed by atoms with Gasteiger partial charge in [-0.15, -0.1) is 0 Å². The molecular formula is C13H13ClN4O4. The number of carbonyl (C=O) groups is 1. The first kappa shape index (κ1) is 14.7. The topological polar surface area (TPSA) is 90.6 Å². The van der Waals surface area contributed by atoms with Crippen molar-refractivity contribution in [2.45, 2.75) is 6.04 Å². The second-order valence-corrected chi connectivity index (χ2v) is 5.00. The number of morpholine rings is 1. The van der Waals surface area contributed by atoms with Crippen LogP contribution in [0, 0.1) is 0 Å². The molecule has 116 valence electrons. The highest BCUT2D eigenvalue weighted by atomic mass is 35.5. The summed E-state index contributed by atoms with van der Waals surface area (Å²) in [6.45, 7) is 1.17. The van der Waals surface area contributed by atoms with E-state index >= 15 is 0 Å². The number of halogens is 1. The Hall–Kier alpha value is -2.19. The van der Waals surface area contributed by atoms with Gasteiger partial charge in [-0.1, -0.05) is 16.8 Å². The van der Waals surface area contributed by atoms with Crippen molar-refractivity contribution in [3.63, 3.8) is 0 Å². The molecule has 0 aliphatic carbocycles. The summed E-state index contributed by atoms with van der Waals surface area (Å²) in [5.41, 5.74) is 0.362. The standard InChI is InChI=1S/C13H13ClN4O4/c1-20-12-9(14)4-8(5-15-12)13(19)18-2-3-21-6-10(18)11-16-7-22-17-11/h4-5,7,10H,2-3,6H2,1H3. The maximum absolute atomic E-state index is 12.7. The Morgan fingerprint density at radius 1 is 1.50 bits per heavy atom. The van der Waals surface area contributed by atoms with E-state index in [2.05, 4.69) is 15.1 Å². The van der Waals surface area contributed by atoms with Crippen LogP contribution >= 0.6 is 11.6 Å². The number of hydrogen-bond donors (Lipinski definition) is 0. The first-order chi connectivity index (χ1) is 10.7. The fourth-order valence-corrected chi connectivity index (χ4v) is 2.49. The Morgan fingerprint density at radius 3 is 3.05 bits per heavy atom. The number of nitrogens with zero attached hydrogens (tertiary/aromatic N) is 4. The van der Waals surface area contributed by atoms with Crippen molar-refractivity contribution < 1.29 is 18.8 Å². The molecule has 0 saturated carbocycles. The van der Waals surface area contributed by atoms with Gasteiger partial charge in [0, 0.05) is 12.7 Å². The minimum Gasteiger partial charge on any atom is -0.480 e. The van der Waals surface area contributed by atoms with Gasteiger partial charge in [0.15, 0.2) is 5.82 Å². The lowest BCUT2D eigenvalue weighted by atomic mass is 10.1. The molecule has 0 spiro atoms. The number of pyridine rings is 1. The largest absolute Gasteiger partial charge is 0.480 e. The Bertz CT molecular complexity index is 664. The first-order valence-electron chi connectivity index (χ1n) is 6.55. The van der Waals surface area contributed by atoms with Gasteiger partial charge in [0.25, 0.3) is 5.91 Å². The molecule has 1 saturated heterocycles. The van der Waals surface area contributed by atoms with E-state index in [1.165, 1.54) is 25.8 Å². The van der Waals surface area contributed by atoms with Crippen molar-refractivity contribution in [1.82, 2.24) is 20.0 Å². The molecule has 3 rings (SSSR count). The smallest absolute Gasteiger partial charge is 0.256 e. The van der Waals surface area contributed by atoms with Crippen LogP contribution in [-0.2, 0) is 4.74 Å². The normalized spacial score (nSPS) is 18.3. The van der Waals surface area contributed by atoms with Gasteiger partial charge in [0.2, 0.25) is 12.3 Å². The monoisotopic (exact) mass is 324 g/mol. The van der Waals surface area contributed by atoms with Crippen LogP contribution in [0.15, 0.2) is 23.2 Å². The number of amides is 1. The molecule has 0 radical (unpaired) electrons. The highest BCUT2D eigenvalue weighted by Crippen LogP contribution is 2.26. The van der Waals surface area contributed by atoms with Gasteiger partial charge in [-0.05, 0) is 6.07 Å². The van der Waals surface area contributed by atoms with E-state index in [-0.39, 0.29) is 16.8 Å². The lowest BCUT2D eigenvalue weighted by Crippen LogP contribution is -2.43. The molecule has 8 nitrogen and oxygen atoms in total. The zero-order valence-corrected chi connectivity index (χ0v) is 12.5. The van der Waals surface area contributed by atoms with Gasteiger partial charge in [-0.3, -0.25) is 4.79 Å². The predicted molar refractivity (Wildman–Crippen MR) is 74.7 cm³/mol. The van der Waals surface area contributed by atoms with E-state index in [4.69, 9.17) is 25.6 Å². The number of methoxy groups -OCH3 is 1. The molecule has 22 heavy (non-hydrogen) atoms. The average molecular weight is 325 g/mol. The van der Waals surface area contributed by atoms with E-state index in [9.17, 15) is 4.79 Å². The van der Waals surface area contributed by atoms with E-state index in [0.717, 1.165) is 0 Å². The molecule has 2 aromatic rings. The fraction of sp³-hybridized carbons (Fsp3) is 0.385. The molecule has 1 aliphatic heterocycles. The van der Waals surface area contributed by atoms with Crippen molar-refractivity contribution in [2.24, 2.45) is 0 Å². The summed E-state index contributed by atoms with van der Waals surface area (Å²) in [6.07, 6.45) is 2.65. The minimum atomic E-state index is -0.402. The lowest BCUT2D eigenvalue weighted by molar-refractivity contribution is -0.00579. The summed E-state index contributed by atoms with van der Waals surface area (Å²) in [6, 6.07) is 1.12. The predicted octanol–water partition coefficient (Wildman–Crippen LogP) is 1.34. The van der Waals surface area contributed by atoms with Crippen LogP contribution in [0.3, 0.4) is 0 Å². The lowest BCUT2D eigenvalue weighted by Gasteiger charge is -2.33. The third-order valence-corrected chi connectivity index (χ3v) is 3.58. The molecule has 1 amide bonds. The zero-order chi connectivity index (χ0) is 15.5. The number of carbonyl (C=O) groups excluding carboxylic acids is 1. The van der Waals surface area contributed by atoms with Crippen LogP contribution in [0.4, 0.5) is 0 Å². The van der Waals surface area contributed by atoms with Gasteiger partial charge in [0.05, 0.1) is 25.9 Å². The van der Waals surface area contributed by atoms with Crippen molar-refractivity contribution in [2.75, 3.05) is 26.9 Å². The van der Waals surface area contributed by atoms with Crippen molar-refractivity contribution >= 4 is 17.5 Å². The summed E-state index contributed by atoms with van der Waals surface area (Å²) in [5.74, 6) is 0.450. The van der Waals surface area contributed by atoms with Crippen molar-refractivity contribution in [3.8, 4) is 5.88 Å². The molecule has 3 heterocycles. The molecular weight excluding hydrogens is 312 g/mol. The first-order valence-corrected chi connectivity index (χ1v) is 6.93. The molecule has 1 fully saturated rings. The van der Waals surface area contributed by atoms with E-state index in [1.807, 2.05) is 0 Å². The molecule has 0 N–H and O–H groups in total. The summed E-state index contributed by atoms with van der Waals surface area (Å²) in [5, 5.41) is 4.07. The van der Waals surface area contributed by atoms with Crippen LogP contribution in [0.5, 0.6) is 5.88 Å². The van der Waals surface area contributed by atoms with Gasteiger partial charge < -0.3 is 18.9 Å². The van der Waals surface area contributed by atoms with Gasteiger partial charge in [-0.25, -0.2) is 4.98 Å². The van der Waals surface area contributed by atoms with Crippen LogP contribution in [0.2, 0.25) is 5.02 Å². The SMILES string of the molecule is COc1ncc(C(=O)N2CCOCC2c2ncon2)cc1Cl. The fourth-order valence-electron chi connectivity index (χ4n) is 2.24. The number of ether oxygens (including phenoxy) is 2. The summed E-state index contributed by atoms with van der Waals surface area (Å²) in [4.78, 5) is 22.3. The van der Waals surface area contributed by atoms with Crippen LogP contribution < -0.4 is 4.74 Å². The Balaban J connectivity index is 1.87. The van der Waals surface area contributed by atoms with Crippen LogP contribution in [-0.4, -0.2) is 52.8 Å². The molecule has 0 aromatic carbocycles. The third-order valence-electron chi connectivity index (χ3n) is 3.31. The average Bonchev–Trinajstić information content (AvgIpc) is 3.08. The van der Waals surface area contributed by atoms with Gasteiger partial charge >= 0.3 is 0 Å². The van der Waals surface area contributed by atoms with Gasteiger partial charge in [-0.2, -0.15) is 4.98 Å². The maximum Gasteiger partial charge on any atom is 0.256 e. The molecule has 1 atom stereocenters. The molecule has 2 aromatic heterocycles. The second kappa shape index (κ2) is 6.29.